The molecule has 0 saturated carbocycles. The van der Waals surface area contributed by atoms with E-state index < -0.39 is 6.61 Å². The van der Waals surface area contributed by atoms with E-state index in [1.807, 2.05) is 0 Å². The maximum atomic E-state index is 11.6. The number of ether oxygens (including phenoxy) is 1. The first-order valence-electron chi connectivity index (χ1n) is 2.91. The quantitative estimate of drug-likeness (QED) is 0.664. The molecule has 0 heterocycles. The first kappa shape index (κ1) is 7.78. The highest BCUT2D eigenvalue weighted by atomic mass is 19.3. The summed E-state index contributed by atoms with van der Waals surface area (Å²) < 4.78 is 27.2. The van der Waals surface area contributed by atoms with Gasteiger partial charge < -0.3 is 10.5 Å². The van der Waals surface area contributed by atoms with Gasteiger partial charge in [0.05, 0.1) is 5.69 Å². The van der Waals surface area contributed by atoms with Crippen LogP contribution in [0.5, 0.6) is 5.75 Å². The predicted molar refractivity (Wildman–Crippen MR) is 36.3 cm³/mol. The molecule has 2 nitrogen and oxygen atoms in total. The van der Waals surface area contributed by atoms with Crippen molar-refractivity contribution in [3.63, 3.8) is 0 Å². The van der Waals surface area contributed by atoms with Gasteiger partial charge in [-0.05, 0) is 6.07 Å². The molecular formula is C7H6F2NO. The van der Waals surface area contributed by atoms with Crippen LogP contribution in [-0.2, 0) is 0 Å². The minimum absolute atomic E-state index is 0.109. The van der Waals surface area contributed by atoms with Crippen molar-refractivity contribution in [1.29, 1.82) is 0 Å². The minimum Gasteiger partial charge on any atom is -0.432 e. The van der Waals surface area contributed by atoms with E-state index in [0.717, 1.165) is 0 Å². The van der Waals surface area contributed by atoms with Gasteiger partial charge in [0.2, 0.25) is 0 Å². The molecule has 59 valence electrons. The van der Waals surface area contributed by atoms with Gasteiger partial charge in [0.25, 0.3) is 0 Å². The number of anilines is 1. The van der Waals surface area contributed by atoms with E-state index in [-0.39, 0.29) is 11.4 Å². The molecule has 0 amide bonds. The number of rotatable bonds is 2. The Labute approximate surface area is 62.6 Å². The number of alkyl halides is 2. The van der Waals surface area contributed by atoms with Crippen LogP contribution in [0.25, 0.3) is 0 Å². The van der Waals surface area contributed by atoms with E-state index in [9.17, 15) is 8.78 Å². The fraction of sp³-hybridized carbons (Fsp3) is 0.143. The molecule has 1 aromatic carbocycles. The Morgan fingerprint density at radius 1 is 1.55 bits per heavy atom. The van der Waals surface area contributed by atoms with Crippen molar-refractivity contribution in [3.05, 3.63) is 24.3 Å². The number of para-hydroxylation sites is 1. The highest BCUT2D eigenvalue weighted by Crippen LogP contribution is 2.20. The zero-order chi connectivity index (χ0) is 8.27. The van der Waals surface area contributed by atoms with Crippen molar-refractivity contribution in [2.24, 2.45) is 0 Å². The van der Waals surface area contributed by atoms with Crippen molar-refractivity contribution in [2.45, 2.75) is 6.61 Å². The zero-order valence-electron chi connectivity index (χ0n) is 5.55. The van der Waals surface area contributed by atoms with Crippen LogP contribution in [0.3, 0.4) is 0 Å². The molecule has 1 rings (SSSR count). The van der Waals surface area contributed by atoms with Crippen molar-refractivity contribution in [2.75, 3.05) is 5.73 Å². The van der Waals surface area contributed by atoms with Gasteiger partial charge in [0, 0.05) is 6.07 Å². The molecule has 11 heavy (non-hydrogen) atoms. The number of hydrogen-bond acceptors (Lipinski definition) is 2. The van der Waals surface area contributed by atoms with Crippen LogP contribution in [0.2, 0.25) is 0 Å². The Bertz CT molecular complexity index is 240. The van der Waals surface area contributed by atoms with Gasteiger partial charge in [-0.3, -0.25) is 0 Å². The molecule has 0 aliphatic rings. The lowest BCUT2D eigenvalue weighted by molar-refractivity contribution is -0.0495. The third-order valence-corrected chi connectivity index (χ3v) is 1.06. The molecule has 0 aliphatic carbocycles. The average molecular weight is 158 g/mol. The lowest BCUT2D eigenvalue weighted by Gasteiger charge is -2.05. The molecule has 1 aromatic rings. The van der Waals surface area contributed by atoms with Crippen LogP contribution >= 0.6 is 0 Å². The molecule has 0 bridgehead atoms. The van der Waals surface area contributed by atoms with Crippen molar-refractivity contribution < 1.29 is 13.5 Å². The number of benzene rings is 1. The summed E-state index contributed by atoms with van der Waals surface area (Å²) in [6.45, 7) is -2.85. The van der Waals surface area contributed by atoms with E-state index in [1.54, 1.807) is 6.07 Å². The summed E-state index contributed by atoms with van der Waals surface area (Å²) >= 11 is 0. The van der Waals surface area contributed by atoms with Crippen LogP contribution in [0.15, 0.2) is 18.2 Å². The van der Waals surface area contributed by atoms with Gasteiger partial charge in [-0.15, -0.1) is 0 Å². The van der Waals surface area contributed by atoms with Crippen LogP contribution in [-0.4, -0.2) is 6.61 Å². The molecule has 0 atom stereocenters. The van der Waals surface area contributed by atoms with Crippen molar-refractivity contribution >= 4 is 5.69 Å². The zero-order valence-corrected chi connectivity index (χ0v) is 5.55. The lowest BCUT2D eigenvalue weighted by atomic mass is 10.3. The molecule has 0 fully saturated rings. The normalized spacial score (nSPS) is 10.1. The Hall–Kier alpha value is -1.32. The van der Waals surface area contributed by atoms with Crippen LogP contribution < -0.4 is 10.5 Å². The number of nitrogens with two attached hydrogens (primary N) is 1. The second kappa shape index (κ2) is 3.18. The molecule has 2 N–H and O–H groups in total. The Balaban J connectivity index is 2.78. The van der Waals surface area contributed by atoms with Gasteiger partial charge in [-0.1, -0.05) is 12.1 Å². The van der Waals surface area contributed by atoms with E-state index in [4.69, 9.17) is 5.73 Å². The van der Waals surface area contributed by atoms with Gasteiger partial charge in [0.15, 0.2) is 5.75 Å². The summed E-state index contributed by atoms with van der Waals surface area (Å²) in [6.07, 6.45) is 0. The monoisotopic (exact) mass is 158 g/mol. The van der Waals surface area contributed by atoms with E-state index >= 15 is 0 Å². The SMILES string of the molecule is Nc1ccc[c]c1OC(F)F. The standard InChI is InChI=1S/C7H6F2NO/c8-7(9)11-6-4-2-1-3-5(6)10/h1-3,7H,10H2. The Morgan fingerprint density at radius 2 is 2.27 bits per heavy atom. The largest absolute Gasteiger partial charge is 0.432 e. The summed E-state index contributed by atoms with van der Waals surface area (Å²) in [4.78, 5) is 0. The molecule has 0 aliphatic heterocycles. The highest BCUT2D eigenvalue weighted by molar-refractivity contribution is 5.50. The fourth-order valence-electron chi connectivity index (χ4n) is 0.626. The minimum atomic E-state index is -2.85. The molecular weight excluding hydrogens is 152 g/mol. The Kier molecular flexibility index (Phi) is 2.25. The fourth-order valence-corrected chi connectivity index (χ4v) is 0.626. The summed E-state index contributed by atoms with van der Waals surface area (Å²) in [5.74, 6) is -0.109. The smallest absolute Gasteiger partial charge is 0.387 e. The Morgan fingerprint density at radius 3 is 2.82 bits per heavy atom. The summed E-state index contributed by atoms with van der Waals surface area (Å²) in [7, 11) is 0. The van der Waals surface area contributed by atoms with Crippen molar-refractivity contribution in [1.82, 2.24) is 0 Å². The summed E-state index contributed by atoms with van der Waals surface area (Å²) in [6, 6.07) is 6.95. The molecule has 1 radical (unpaired) electrons. The second-order valence-electron chi connectivity index (χ2n) is 1.83. The number of halogens is 2. The van der Waals surface area contributed by atoms with Gasteiger partial charge in [0.1, 0.15) is 0 Å². The van der Waals surface area contributed by atoms with Crippen molar-refractivity contribution in [3.8, 4) is 5.75 Å². The lowest BCUT2D eigenvalue weighted by Crippen LogP contribution is -2.04. The topological polar surface area (TPSA) is 35.2 Å². The average Bonchev–Trinajstić information content (AvgIpc) is 1.93. The third-order valence-electron chi connectivity index (χ3n) is 1.06. The summed E-state index contributed by atoms with van der Waals surface area (Å²) in [5, 5.41) is 0. The number of hydrogen-bond donors (Lipinski definition) is 1. The molecule has 0 aromatic heterocycles. The highest BCUT2D eigenvalue weighted by Gasteiger charge is 2.05. The maximum absolute atomic E-state index is 11.6. The molecule has 0 saturated heterocycles. The van der Waals surface area contributed by atoms with Crippen LogP contribution in [0.1, 0.15) is 0 Å². The summed E-state index contributed by atoms with van der Waals surface area (Å²) in [5.41, 5.74) is 5.44. The molecule has 0 spiro atoms. The first-order valence-corrected chi connectivity index (χ1v) is 2.91. The van der Waals surface area contributed by atoms with E-state index in [0.29, 0.717) is 0 Å². The van der Waals surface area contributed by atoms with Gasteiger partial charge >= 0.3 is 6.61 Å². The van der Waals surface area contributed by atoms with Gasteiger partial charge in [-0.25, -0.2) is 0 Å². The maximum Gasteiger partial charge on any atom is 0.387 e. The predicted octanol–water partition coefficient (Wildman–Crippen LogP) is 1.67. The molecule has 0 unspecified atom stereocenters. The van der Waals surface area contributed by atoms with Crippen LogP contribution in [0.4, 0.5) is 14.5 Å². The van der Waals surface area contributed by atoms with Crippen LogP contribution in [0, 0.1) is 6.07 Å². The second-order valence-corrected chi connectivity index (χ2v) is 1.83. The van der Waals surface area contributed by atoms with E-state index in [1.165, 1.54) is 12.1 Å². The molecule has 4 heteroatoms. The number of nitrogen functional groups attached to an aromatic ring is 1. The third kappa shape index (κ3) is 2.07. The van der Waals surface area contributed by atoms with E-state index in [2.05, 4.69) is 10.8 Å². The van der Waals surface area contributed by atoms with Gasteiger partial charge in [-0.2, -0.15) is 8.78 Å². The first-order chi connectivity index (χ1) is 5.20.